The van der Waals surface area contributed by atoms with Crippen LogP contribution in [-0.2, 0) is 18.4 Å². The lowest BCUT2D eigenvalue weighted by atomic mass is 10.1. The zero-order chi connectivity index (χ0) is 21.7. The molecule has 4 aromatic rings. The zero-order valence-corrected chi connectivity index (χ0v) is 17.4. The van der Waals surface area contributed by atoms with Crippen molar-refractivity contribution in [2.24, 2.45) is 7.05 Å². The van der Waals surface area contributed by atoms with Gasteiger partial charge in [-0.1, -0.05) is 16.8 Å². The van der Waals surface area contributed by atoms with E-state index < -0.39 is 0 Å². The maximum Gasteiger partial charge on any atom is 0.272 e. The van der Waals surface area contributed by atoms with Gasteiger partial charge in [-0.15, -0.1) is 0 Å². The molecule has 0 unspecified atom stereocenters. The Labute approximate surface area is 180 Å². The number of benzene rings is 2. The first-order chi connectivity index (χ1) is 14.9. The fraction of sp³-hybridized carbons (Fsp3) is 0.190. The van der Waals surface area contributed by atoms with Gasteiger partial charge in [0, 0.05) is 17.6 Å². The predicted octanol–water partition coefficient (Wildman–Crippen LogP) is 2.87. The second-order valence-corrected chi connectivity index (χ2v) is 7.59. The summed E-state index contributed by atoms with van der Waals surface area (Å²) in [7, 11) is 1.70. The quantitative estimate of drug-likeness (QED) is 0.485. The summed E-state index contributed by atoms with van der Waals surface area (Å²) >= 11 is 6.08. The summed E-state index contributed by atoms with van der Waals surface area (Å²) in [4.78, 5) is 34.8. The van der Waals surface area contributed by atoms with Crippen LogP contribution in [0.2, 0.25) is 5.02 Å². The number of aryl methyl sites for hydroxylation is 2. The number of carbonyl (C=O) groups is 1. The van der Waals surface area contributed by atoms with Crippen LogP contribution in [0.5, 0.6) is 5.75 Å². The van der Waals surface area contributed by atoms with Crippen LogP contribution in [0.25, 0.3) is 22.4 Å². The van der Waals surface area contributed by atoms with Gasteiger partial charge < -0.3 is 13.8 Å². The monoisotopic (exact) mass is 437 g/mol. The van der Waals surface area contributed by atoms with E-state index in [0.29, 0.717) is 44.6 Å². The number of hydrogen-bond donors (Lipinski definition) is 0. The second kappa shape index (κ2) is 7.21. The molecule has 0 fully saturated rings. The van der Waals surface area contributed by atoms with Crippen molar-refractivity contribution < 1.29 is 14.1 Å². The smallest absolute Gasteiger partial charge is 0.272 e. The van der Waals surface area contributed by atoms with E-state index in [1.165, 1.54) is 4.90 Å². The first-order valence-corrected chi connectivity index (χ1v) is 9.81. The average Bonchev–Trinajstić information content (AvgIpc) is 3.22. The molecule has 0 aliphatic carbocycles. The number of amides is 1. The molecule has 0 spiro atoms. The van der Waals surface area contributed by atoms with Gasteiger partial charge in [-0.2, -0.15) is 4.98 Å². The highest BCUT2D eigenvalue weighted by atomic mass is 35.5. The van der Waals surface area contributed by atoms with E-state index in [2.05, 4.69) is 15.1 Å². The molecule has 3 heterocycles. The lowest BCUT2D eigenvalue weighted by molar-refractivity contribution is -0.121. The van der Waals surface area contributed by atoms with Gasteiger partial charge in [-0.25, -0.2) is 4.98 Å². The van der Waals surface area contributed by atoms with Crippen molar-refractivity contribution in [1.29, 1.82) is 0 Å². The van der Waals surface area contributed by atoms with E-state index in [1.54, 1.807) is 54.9 Å². The summed E-state index contributed by atoms with van der Waals surface area (Å²) in [5.74, 6) is 0.948. The summed E-state index contributed by atoms with van der Waals surface area (Å²) in [5.41, 5.74) is 2.85. The minimum atomic E-state index is -0.235. The van der Waals surface area contributed by atoms with Gasteiger partial charge in [0.1, 0.15) is 18.0 Å². The summed E-state index contributed by atoms with van der Waals surface area (Å²) in [6.07, 6.45) is 0. The van der Waals surface area contributed by atoms with Crippen LogP contribution in [0.4, 0.5) is 5.69 Å². The fourth-order valence-corrected chi connectivity index (χ4v) is 3.70. The zero-order valence-electron chi connectivity index (χ0n) is 16.6. The Balaban J connectivity index is 1.47. The number of halogens is 1. The van der Waals surface area contributed by atoms with Crippen LogP contribution < -0.4 is 15.2 Å². The van der Waals surface area contributed by atoms with Gasteiger partial charge in [0.2, 0.25) is 11.7 Å². The van der Waals surface area contributed by atoms with Crippen LogP contribution in [0.1, 0.15) is 11.6 Å². The van der Waals surface area contributed by atoms with Gasteiger partial charge in [-0.05, 0) is 43.3 Å². The molecule has 10 heteroatoms. The second-order valence-electron chi connectivity index (χ2n) is 7.16. The van der Waals surface area contributed by atoms with Crippen molar-refractivity contribution in [3.63, 3.8) is 0 Å². The lowest BCUT2D eigenvalue weighted by Crippen LogP contribution is -2.38. The Morgan fingerprint density at radius 1 is 1.13 bits per heavy atom. The molecule has 0 bridgehead atoms. The van der Waals surface area contributed by atoms with Crippen molar-refractivity contribution >= 4 is 34.2 Å². The number of anilines is 1. The minimum Gasteiger partial charge on any atom is -0.482 e. The maximum absolute atomic E-state index is 12.4. The number of fused-ring (bicyclic) bond motifs is 2. The van der Waals surface area contributed by atoms with Crippen molar-refractivity contribution in [2.45, 2.75) is 13.5 Å². The molecular formula is C21H16ClN5O4. The Morgan fingerprint density at radius 2 is 1.97 bits per heavy atom. The molecule has 0 saturated heterocycles. The van der Waals surface area contributed by atoms with Crippen LogP contribution in [0.3, 0.4) is 0 Å². The van der Waals surface area contributed by atoms with Crippen molar-refractivity contribution in [3.05, 3.63) is 63.4 Å². The van der Waals surface area contributed by atoms with Crippen LogP contribution in [-0.4, -0.2) is 32.2 Å². The van der Waals surface area contributed by atoms with Crippen LogP contribution in [0.15, 0.2) is 45.7 Å². The number of carbonyl (C=O) groups excluding carboxylic acids is 1. The first-order valence-electron chi connectivity index (χ1n) is 9.44. The SMILES string of the molecule is Cc1nc2cc(-c3noc(CN4C(=O)COc5ccc(Cl)cc54)n3)ccc2n(C)c1=O. The Bertz CT molecular complexity index is 1410. The third-order valence-electron chi connectivity index (χ3n) is 5.12. The highest BCUT2D eigenvalue weighted by molar-refractivity contribution is 6.31. The van der Waals surface area contributed by atoms with E-state index in [0.717, 1.165) is 0 Å². The third kappa shape index (κ3) is 3.32. The molecule has 31 heavy (non-hydrogen) atoms. The number of aromatic nitrogens is 4. The van der Waals surface area contributed by atoms with E-state index in [9.17, 15) is 9.59 Å². The molecule has 156 valence electrons. The standard InChI is InChI=1S/C21H16ClN5O4/c1-11-21(29)26(2)15-5-3-12(7-14(15)23-11)20-24-18(31-25-20)9-27-16-8-13(22)4-6-17(16)30-10-19(27)28/h3-8H,9-10H2,1-2H3. The van der Waals surface area contributed by atoms with Gasteiger partial charge in [0.15, 0.2) is 6.61 Å². The van der Waals surface area contributed by atoms with Gasteiger partial charge in [0.25, 0.3) is 11.5 Å². The molecule has 0 N–H and O–H groups in total. The number of nitrogens with zero attached hydrogens (tertiary/aromatic N) is 5. The largest absolute Gasteiger partial charge is 0.482 e. The molecule has 5 rings (SSSR count). The number of ether oxygens (including phenoxy) is 1. The Kier molecular flexibility index (Phi) is 4.48. The predicted molar refractivity (Wildman–Crippen MR) is 113 cm³/mol. The van der Waals surface area contributed by atoms with Crippen LogP contribution >= 0.6 is 11.6 Å². The highest BCUT2D eigenvalue weighted by Gasteiger charge is 2.27. The number of rotatable bonds is 3. The normalized spacial score (nSPS) is 13.4. The average molecular weight is 438 g/mol. The minimum absolute atomic E-state index is 0.0793. The molecule has 9 nitrogen and oxygen atoms in total. The molecule has 0 radical (unpaired) electrons. The van der Waals surface area contributed by atoms with Crippen molar-refractivity contribution in [1.82, 2.24) is 19.7 Å². The third-order valence-corrected chi connectivity index (χ3v) is 5.36. The van der Waals surface area contributed by atoms with E-state index >= 15 is 0 Å². The van der Waals surface area contributed by atoms with Gasteiger partial charge in [0.05, 0.1) is 16.7 Å². The number of hydrogen-bond acceptors (Lipinski definition) is 7. The topological polar surface area (TPSA) is 103 Å². The van der Waals surface area contributed by atoms with E-state index in [1.807, 2.05) is 0 Å². The van der Waals surface area contributed by atoms with E-state index in [-0.39, 0.29) is 30.5 Å². The molecule has 1 amide bonds. The molecule has 2 aromatic heterocycles. The lowest BCUT2D eigenvalue weighted by Gasteiger charge is -2.28. The van der Waals surface area contributed by atoms with E-state index in [4.69, 9.17) is 20.9 Å². The van der Waals surface area contributed by atoms with Gasteiger partial charge >= 0.3 is 0 Å². The maximum atomic E-state index is 12.4. The van der Waals surface area contributed by atoms with Crippen LogP contribution in [0, 0.1) is 6.92 Å². The molecule has 0 saturated carbocycles. The van der Waals surface area contributed by atoms with Crippen molar-refractivity contribution in [3.8, 4) is 17.1 Å². The molecule has 1 aliphatic rings. The molecule has 0 atom stereocenters. The first kappa shape index (κ1) is 19.3. The van der Waals surface area contributed by atoms with Gasteiger partial charge in [-0.3, -0.25) is 14.5 Å². The molecular weight excluding hydrogens is 422 g/mol. The summed E-state index contributed by atoms with van der Waals surface area (Å²) in [6.45, 7) is 1.68. The highest BCUT2D eigenvalue weighted by Crippen LogP contribution is 2.35. The summed E-state index contributed by atoms with van der Waals surface area (Å²) in [5, 5.41) is 4.53. The summed E-state index contributed by atoms with van der Waals surface area (Å²) in [6, 6.07) is 10.5. The van der Waals surface area contributed by atoms with Crippen molar-refractivity contribution in [2.75, 3.05) is 11.5 Å². The molecule has 2 aromatic carbocycles. The summed E-state index contributed by atoms with van der Waals surface area (Å²) < 4.78 is 12.4. The fourth-order valence-electron chi connectivity index (χ4n) is 3.54. The Hall–Kier alpha value is -3.72. The molecule has 1 aliphatic heterocycles. The Morgan fingerprint density at radius 3 is 2.81 bits per heavy atom.